The first-order chi connectivity index (χ1) is 11.3. The van der Waals surface area contributed by atoms with E-state index in [2.05, 4.69) is 31.9 Å². The van der Waals surface area contributed by atoms with Gasteiger partial charge in [-0.2, -0.15) is 0 Å². The lowest BCUT2D eigenvalue weighted by atomic mass is 9.93. The zero-order valence-electron chi connectivity index (χ0n) is 12.9. The van der Waals surface area contributed by atoms with Gasteiger partial charge in [0, 0.05) is 10.9 Å². The van der Waals surface area contributed by atoms with Gasteiger partial charge in [0.25, 0.3) is 0 Å². The second-order valence-corrected chi connectivity index (χ2v) is 7.28. The van der Waals surface area contributed by atoms with Crippen LogP contribution in [0.25, 0.3) is 11.0 Å². The fraction of sp³-hybridized carbons (Fsp3) is 0.118. The predicted octanol–water partition coefficient (Wildman–Crippen LogP) is 4.18. The minimum Gasteiger partial charge on any atom is -0.506 e. The SMILES string of the molecule is Bc1ccc2c(C(=O)c3cc(Br)c(O)c(Br)c3)c(C(C)F)oc2c1. The number of carbonyl (C=O) groups excluding carboxylic acids is 1. The van der Waals surface area contributed by atoms with Crippen LogP contribution in [0.1, 0.15) is 34.8 Å². The Bertz CT molecular complexity index is 943. The Labute approximate surface area is 155 Å². The average Bonchev–Trinajstić information content (AvgIpc) is 2.90. The second-order valence-electron chi connectivity index (χ2n) is 5.57. The third-order valence-corrected chi connectivity index (χ3v) is 4.95. The van der Waals surface area contributed by atoms with Gasteiger partial charge in [-0.25, -0.2) is 4.39 Å². The van der Waals surface area contributed by atoms with Crippen LogP contribution < -0.4 is 5.46 Å². The highest BCUT2D eigenvalue weighted by Gasteiger charge is 2.26. The Balaban J connectivity index is 2.24. The number of alkyl halides is 1. The summed E-state index contributed by atoms with van der Waals surface area (Å²) in [5, 5.41) is 10.4. The quantitative estimate of drug-likeness (QED) is 0.478. The van der Waals surface area contributed by atoms with Crippen molar-refractivity contribution in [2.45, 2.75) is 13.1 Å². The molecule has 1 heterocycles. The van der Waals surface area contributed by atoms with E-state index in [1.807, 2.05) is 13.9 Å². The molecular weight excluding hydrogens is 442 g/mol. The van der Waals surface area contributed by atoms with Gasteiger partial charge < -0.3 is 9.52 Å². The van der Waals surface area contributed by atoms with E-state index >= 15 is 0 Å². The smallest absolute Gasteiger partial charge is 0.197 e. The van der Waals surface area contributed by atoms with Gasteiger partial charge in [0.2, 0.25) is 0 Å². The molecule has 0 radical (unpaired) electrons. The number of hydrogen-bond donors (Lipinski definition) is 1. The molecule has 122 valence electrons. The molecule has 0 saturated carbocycles. The van der Waals surface area contributed by atoms with Crippen LogP contribution in [-0.2, 0) is 0 Å². The summed E-state index contributed by atoms with van der Waals surface area (Å²) in [6, 6.07) is 8.40. The number of halogens is 3. The molecule has 3 aromatic rings. The Hall–Kier alpha value is -1.60. The monoisotopic (exact) mass is 452 g/mol. The van der Waals surface area contributed by atoms with Gasteiger partial charge in [-0.15, -0.1) is 0 Å². The first kappa shape index (κ1) is 17.2. The third kappa shape index (κ3) is 2.91. The van der Waals surface area contributed by atoms with Crippen LogP contribution in [-0.4, -0.2) is 18.7 Å². The minimum atomic E-state index is -1.42. The predicted molar refractivity (Wildman–Crippen MR) is 101 cm³/mol. The third-order valence-electron chi connectivity index (χ3n) is 3.74. The number of aromatic hydroxyl groups is 1. The summed E-state index contributed by atoms with van der Waals surface area (Å²) >= 11 is 6.41. The molecule has 1 aromatic heterocycles. The van der Waals surface area contributed by atoms with Crippen molar-refractivity contribution in [2.75, 3.05) is 0 Å². The van der Waals surface area contributed by atoms with E-state index in [-0.39, 0.29) is 22.9 Å². The number of benzene rings is 2. The molecule has 3 nitrogen and oxygen atoms in total. The Morgan fingerprint density at radius 2 is 1.88 bits per heavy atom. The Morgan fingerprint density at radius 1 is 1.25 bits per heavy atom. The number of ketones is 1. The zero-order chi connectivity index (χ0) is 17.6. The highest BCUT2D eigenvalue weighted by Crippen LogP contribution is 2.37. The summed E-state index contributed by atoms with van der Waals surface area (Å²) < 4.78 is 20.4. The molecule has 24 heavy (non-hydrogen) atoms. The highest BCUT2D eigenvalue weighted by atomic mass is 79.9. The molecule has 0 aliphatic carbocycles. The van der Waals surface area contributed by atoms with Crippen molar-refractivity contribution in [3.05, 3.63) is 56.2 Å². The average molecular weight is 454 g/mol. The molecule has 1 unspecified atom stereocenters. The summed E-state index contributed by atoms with van der Waals surface area (Å²) in [5.41, 5.74) is 1.97. The lowest BCUT2D eigenvalue weighted by Crippen LogP contribution is -2.05. The molecular formula is C17H12BBr2FO3. The molecule has 1 N–H and O–H groups in total. The van der Waals surface area contributed by atoms with Gasteiger partial charge in [-0.3, -0.25) is 4.79 Å². The summed E-state index contributed by atoms with van der Waals surface area (Å²) in [7, 11) is 1.90. The molecule has 0 bridgehead atoms. The normalized spacial score (nSPS) is 12.5. The van der Waals surface area contributed by atoms with Crippen LogP contribution in [0.3, 0.4) is 0 Å². The fourth-order valence-corrected chi connectivity index (χ4v) is 3.76. The zero-order valence-corrected chi connectivity index (χ0v) is 16.0. The maximum Gasteiger partial charge on any atom is 0.197 e. The molecule has 0 aliphatic rings. The van der Waals surface area contributed by atoms with Crippen molar-refractivity contribution in [3.63, 3.8) is 0 Å². The van der Waals surface area contributed by atoms with Crippen molar-refractivity contribution in [3.8, 4) is 5.75 Å². The molecule has 0 saturated heterocycles. The molecule has 3 rings (SSSR count). The number of fused-ring (bicyclic) bond motifs is 1. The number of phenols is 1. The van der Waals surface area contributed by atoms with Crippen molar-refractivity contribution in [1.82, 2.24) is 0 Å². The summed E-state index contributed by atoms with van der Waals surface area (Å²) in [5.74, 6) is -0.349. The van der Waals surface area contributed by atoms with Crippen LogP contribution in [0.4, 0.5) is 4.39 Å². The molecule has 0 aliphatic heterocycles. The number of phenolic OH excluding ortho intramolecular Hbond substituents is 1. The van der Waals surface area contributed by atoms with Crippen molar-refractivity contribution < 1.29 is 18.7 Å². The molecule has 0 amide bonds. The lowest BCUT2D eigenvalue weighted by Gasteiger charge is -2.07. The highest BCUT2D eigenvalue weighted by molar-refractivity contribution is 9.11. The number of hydrogen-bond acceptors (Lipinski definition) is 3. The molecule has 1 atom stereocenters. The van der Waals surface area contributed by atoms with Gasteiger partial charge in [0.15, 0.2) is 12.0 Å². The molecule has 2 aromatic carbocycles. The summed E-state index contributed by atoms with van der Waals surface area (Å²) in [6.07, 6.45) is -1.42. The van der Waals surface area contributed by atoms with E-state index in [0.29, 0.717) is 25.5 Å². The molecule has 0 fully saturated rings. The van der Waals surface area contributed by atoms with E-state index in [1.165, 1.54) is 19.1 Å². The fourth-order valence-electron chi connectivity index (χ4n) is 2.58. The van der Waals surface area contributed by atoms with E-state index in [0.717, 1.165) is 5.46 Å². The van der Waals surface area contributed by atoms with E-state index < -0.39 is 6.17 Å². The standard InChI is InChI=1S/C17H12BBr2FO3/c1-7(21)17-14(10-3-2-9(18)6-13(10)24-17)15(22)8-4-11(19)16(23)12(20)5-8/h2-7,23H,18H2,1H3. The molecule has 0 spiro atoms. The Morgan fingerprint density at radius 3 is 2.46 bits per heavy atom. The summed E-state index contributed by atoms with van der Waals surface area (Å²) in [6.45, 7) is 1.34. The molecule has 7 heteroatoms. The van der Waals surface area contributed by atoms with E-state index in [9.17, 15) is 14.3 Å². The first-order valence-corrected chi connectivity index (χ1v) is 8.78. The number of carbonyl (C=O) groups is 1. The van der Waals surface area contributed by atoms with Crippen molar-refractivity contribution in [2.24, 2.45) is 0 Å². The van der Waals surface area contributed by atoms with Crippen LogP contribution in [0, 0.1) is 0 Å². The number of rotatable bonds is 3. The maximum atomic E-state index is 14.0. The van der Waals surface area contributed by atoms with Gasteiger partial charge >= 0.3 is 0 Å². The van der Waals surface area contributed by atoms with Crippen LogP contribution >= 0.6 is 31.9 Å². The second kappa shape index (κ2) is 6.37. The summed E-state index contributed by atoms with van der Waals surface area (Å²) in [4.78, 5) is 13.0. The first-order valence-electron chi connectivity index (χ1n) is 7.19. The van der Waals surface area contributed by atoms with Crippen LogP contribution in [0.5, 0.6) is 5.75 Å². The van der Waals surface area contributed by atoms with Crippen LogP contribution in [0.15, 0.2) is 43.7 Å². The largest absolute Gasteiger partial charge is 0.506 e. The van der Waals surface area contributed by atoms with Crippen LogP contribution in [0.2, 0.25) is 0 Å². The van der Waals surface area contributed by atoms with Gasteiger partial charge in [-0.05, 0) is 57.0 Å². The van der Waals surface area contributed by atoms with Gasteiger partial charge in [0.1, 0.15) is 24.9 Å². The lowest BCUT2D eigenvalue weighted by molar-refractivity contribution is 0.103. The topological polar surface area (TPSA) is 50.4 Å². The van der Waals surface area contributed by atoms with E-state index in [1.54, 1.807) is 12.1 Å². The maximum absolute atomic E-state index is 14.0. The Kier molecular flexibility index (Phi) is 4.57. The van der Waals surface area contributed by atoms with E-state index in [4.69, 9.17) is 4.42 Å². The van der Waals surface area contributed by atoms with Gasteiger partial charge in [0.05, 0.1) is 14.5 Å². The van der Waals surface area contributed by atoms with Crippen molar-refractivity contribution >= 4 is 61.9 Å². The number of furan rings is 1. The minimum absolute atomic E-state index is 0.00157. The van der Waals surface area contributed by atoms with Crippen molar-refractivity contribution in [1.29, 1.82) is 0 Å². The van der Waals surface area contributed by atoms with Gasteiger partial charge in [-0.1, -0.05) is 17.6 Å².